The Morgan fingerprint density at radius 3 is 2.87 bits per heavy atom. The second-order valence-electron chi connectivity index (χ2n) is 5.56. The van der Waals surface area contributed by atoms with Gasteiger partial charge in [-0.05, 0) is 43.3 Å². The number of nitrogens with one attached hydrogen (secondary N) is 2. The summed E-state index contributed by atoms with van der Waals surface area (Å²) in [6, 6.07) is 17.3. The minimum Gasteiger partial charge on any atom is -0.361 e. The monoisotopic (exact) mass is 301 g/mol. The maximum atomic E-state index is 12.7. The zero-order valence-electron chi connectivity index (χ0n) is 12.6. The van der Waals surface area contributed by atoms with Gasteiger partial charge in [-0.15, -0.1) is 0 Å². The molecule has 0 bridgehead atoms. The SMILES string of the molecule is Cc1cc(C(=O)Nc2ccc3[nH]ccc3c2)c2ccccc2n1. The van der Waals surface area contributed by atoms with Crippen molar-refractivity contribution in [3.05, 3.63) is 72.1 Å². The highest BCUT2D eigenvalue weighted by atomic mass is 16.1. The van der Waals surface area contributed by atoms with Crippen LogP contribution in [0.5, 0.6) is 0 Å². The third-order valence-electron chi connectivity index (χ3n) is 3.90. The van der Waals surface area contributed by atoms with Crippen molar-refractivity contribution in [3.8, 4) is 0 Å². The van der Waals surface area contributed by atoms with Gasteiger partial charge in [0.2, 0.25) is 0 Å². The summed E-state index contributed by atoms with van der Waals surface area (Å²) in [6.07, 6.45) is 1.88. The fourth-order valence-electron chi connectivity index (χ4n) is 2.83. The van der Waals surface area contributed by atoms with Crippen LogP contribution in [0.4, 0.5) is 5.69 Å². The number of aromatic nitrogens is 2. The molecule has 0 fully saturated rings. The fraction of sp³-hybridized carbons (Fsp3) is 0.0526. The van der Waals surface area contributed by atoms with E-state index in [-0.39, 0.29) is 5.91 Å². The van der Waals surface area contributed by atoms with Crippen LogP contribution in [0.3, 0.4) is 0 Å². The maximum absolute atomic E-state index is 12.7. The van der Waals surface area contributed by atoms with Crippen molar-refractivity contribution in [1.29, 1.82) is 0 Å². The first kappa shape index (κ1) is 13.5. The molecule has 2 heterocycles. The highest BCUT2D eigenvalue weighted by Gasteiger charge is 2.12. The molecule has 112 valence electrons. The molecular formula is C19H15N3O. The first-order valence-electron chi connectivity index (χ1n) is 7.45. The van der Waals surface area contributed by atoms with Gasteiger partial charge in [-0.2, -0.15) is 0 Å². The van der Waals surface area contributed by atoms with Crippen molar-refractivity contribution >= 4 is 33.4 Å². The molecule has 0 unspecified atom stereocenters. The van der Waals surface area contributed by atoms with Crippen LogP contribution in [0.25, 0.3) is 21.8 Å². The molecule has 0 aliphatic carbocycles. The van der Waals surface area contributed by atoms with E-state index in [1.807, 2.05) is 67.7 Å². The molecule has 0 saturated carbocycles. The summed E-state index contributed by atoms with van der Waals surface area (Å²) in [7, 11) is 0. The topological polar surface area (TPSA) is 57.8 Å². The Hall–Kier alpha value is -3.14. The van der Waals surface area contributed by atoms with Crippen molar-refractivity contribution in [2.45, 2.75) is 6.92 Å². The van der Waals surface area contributed by atoms with E-state index < -0.39 is 0 Å². The summed E-state index contributed by atoms with van der Waals surface area (Å²) >= 11 is 0. The predicted molar refractivity (Wildman–Crippen MR) is 92.7 cm³/mol. The van der Waals surface area contributed by atoms with Crippen LogP contribution in [0.1, 0.15) is 16.1 Å². The number of amides is 1. The van der Waals surface area contributed by atoms with Crippen molar-refractivity contribution in [3.63, 3.8) is 0 Å². The Bertz CT molecular complexity index is 1030. The van der Waals surface area contributed by atoms with E-state index in [1.165, 1.54) is 0 Å². The number of rotatable bonds is 2. The van der Waals surface area contributed by atoms with E-state index in [1.54, 1.807) is 0 Å². The van der Waals surface area contributed by atoms with Crippen LogP contribution < -0.4 is 5.32 Å². The Morgan fingerprint density at radius 1 is 1.09 bits per heavy atom. The molecule has 2 aromatic heterocycles. The van der Waals surface area contributed by atoms with Gasteiger partial charge in [0.25, 0.3) is 5.91 Å². The molecule has 0 spiro atoms. The largest absolute Gasteiger partial charge is 0.361 e. The molecule has 4 heteroatoms. The van der Waals surface area contributed by atoms with Gasteiger partial charge in [-0.3, -0.25) is 9.78 Å². The molecule has 0 atom stereocenters. The highest BCUT2D eigenvalue weighted by Crippen LogP contribution is 2.22. The smallest absolute Gasteiger partial charge is 0.256 e. The van der Waals surface area contributed by atoms with Crippen LogP contribution in [-0.2, 0) is 0 Å². The molecule has 2 N–H and O–H groups in total. The number of aryl methyl sites for hydroxylation is 1. The molecule has 4 rings (SSSR count). The predicted octanol–water partition coefficient (Wildman–Crippen LogP) is 4.28. The van der Waals surface area contributed by atoms with Crippen molar-refractivity contribution in [2.24, 2.45) is 0 Å². The standard InChI is InChI=1S/C19H15N3O/c1-12-10-16(15-4-2-3-5-18(15)21-12)19(23)22-14-6-7-17-13(11-14)8-9-20-17/h2-11,20H,1H3,(H,22,23). The number of carbonyl (C=O) groups is 1. The maximum Gasteiger partial charge on any atom is 0.256 e. The summed E-state index contributed by atoms with van der Waals surface area (Å²) in [5, 5.41) is 4.91. The molecule has 0 aliphatic rings. The lowest BCUT2D eigenvalue weighted by atomic mass is 10.1. The van der Waals surface area contributed by atoms with E-state index in [0.717, 1.165) is 33.2 Å². The summed E-state index contributed by atoms with van der Waals surface area (Å²) in [4.78, 5) is 20.3. The fourth-order valence-corrected chi connectivity index (χ4v) is 2.83. The summed E-state index contributed by atoms with van der Waals surface area (Å²) in [5.41, 5.74) is 4.13. The van der Waals surface area contributed by atoms with E-state index >= 15 is 0 Å². The van der Waals surface area contributed by atoms with Crippen LogP contribution in [0, 0.1) is 6.92 Å². The molecule has 0 saturated heterocycles. The van der Waals surface area contributed by atoms with Gasteiger partial charge in [-0.1, -0.05) is 18.2 Å². The van der Waals surface area contributed by atoms with E-state index in [9.17, 15) is 4.79 Å². The molecular weight excluding hydrogens is 286 g/mol. The number of para-hydroxylation sites is 1. The third-order valence-corrected chi connectivity index (χ3v) is 3.90. The number of hydrogen-bond donors (Lipinski definition) is 2. The third kappa shape index (κ3) is 2.44. The molecule has 1 amide bonds. The second-order valence-corrected chi connectivity index (χ2v) is 5.56. The highest BCUT2D eigenvalue weighted by molar-refractivity contribution is 6.12. The van der Waals surface area contributed by atoms with E-state index in [2.05, 4.69) is 15.3 Å². The van der Waals surface area contributed by atoms with Crippen LogP contribution in [0.15, 0.2) is 60.8 Å². The molecule has 0 aliphatic heterocycles. The Kier molecular flexibility index (Phi) is 3.08. The number of benzene rings is 2. The number of aromatic amines is 1. The van der Waals surface area contributed by atoms with Gasteiger partial charge in [0.1, 0.15) is 0 Å². The Morgan fingerprint density at radius 2 is 1.96 bits per heavy atom. The zero-order valence-corrected chi connectivity index (χ0v) is 12.6. The van der Waals surface area contributed by atoms with Gasteiger partial charge < -0.3 is 10.3 Å². The minimum absolute atomic E-state index is 0.124. The quantitative estimate of drug-likeness (QED) is 0.580. The van der Waals surface area contributed by atoms with Crippen LogP contribution >= 0.6 is 0 Å². The Balaban J connectivity index is 1.74. The van der Waals surface area contributed by atoms with Gasteiger partial charge in [0.05, 0.1) is 11.1 Å². The van der Waals surface area contributed by atoms with Gasteiger partial charge in [0.15, 0.2) is 0 Å². The lowest BCUT2D eigenvalue weighted by Gasteiger charge is -2.09. The van der Waals surface area contributed by atoms with Gasteiger partial charge in [0, 0.05) is 33.9 Å². The summed E-state index contributed by atoms with van der Waals surface area (Å²) < 4.78 is 0. The van der Waals surface area contributed by atoms with Crippen LogP contribution in [0.2, 0.25) is 0 Å². The lowest BCUT2D eigenvalue weighted by molar-refractivity contribution is 0.102. The summed E-state index contributed by atoms with van der Waals surface area (Å²) in [6.45, 7) is 1.90. The van der Waals surface area contributed by atoms with Gasteiger partial charge >= 0.3 is 0 Å². The number of nitrogens with zero attached hydrogens (tertiary/aromatic N) is 1. The number of anilines is 1. The van der Waals surface area contributed by atoms with E-state index in [4.69, 9.17) is 0 Å². The average Bonchev–Trinajstić information content (AvgIpc) is 3.01. The molecule has 4 aromatic rings. The normalized spacial score (nSPS) is 11.0. The zero-order chi connectivity index (χ0) is 15.8. The first-order chi connectivity index (χ1) is 11.2. The number of fused-ring (bicyclic) bond motifs is 2. The number of hydrogen-bond acceptors (Lipinski definition) is 2. The van der Waals surface area contributed by atoms with E-state index in [0.29, 0.717) is 5.56 Å². The van der Waals surface area contributed by atoms with Crippen molar-refractivity contribution in [2.75, 3.05) is 5.32 Å². The van der Waals surface area contributed by atoms with Crippen molar-refractivity contribution < 1.29 is 4.79 Å². The summed E-state index contributed by atoms with van der Waals surface area (Å²) in [5.74, 6) is -0.124. The Labute approximate surface area is 133 Å². The van der Waals surface area contributed by atoms with Crippen LogP contribution in [-0.4, -0.2) is 15.9 Å². The number of H-pyrrole nitrogens is 1. The lowest BCUT2D eigenvalue weighted by Crippen LogP contribution is -2.13. The second kappa shape index (κ2) is 5.25. The molecule has 0 radical (unpaired) electrons. The minimum atomic E-state index is -0.124. The molecule has 2 aromatic carbocycles. The number of carbonyl (C=O) groups excluding carboxylic acids is 1. The average molecular weight is 301 g/mol. The molecule has 4 nitrogen and oxygen atoms in total. The first-order valence-corrected chi connectivity index (χ1v) is 7.45. The van der Waals surface area contributed by atoms with Gasteiger partial charge in [-0.25, -0.2) is 0 Å². The molecule has 23 heavy (non-hydrogen) atoms. The van der Waals surface area contributed by atoms with Crippen molar-refractivity contribution in [1.82, 2.24) is 9.97 Å². The number of pyridine rings is 1.